The van der Waals surface area contributed by atoms with Gasteiger partial charge in [-0.25, -0.2) is 17.5 Å². The Morgan fingerprint density at radius 2 is 2.22 bits per heavy atom. The lowest BCUT2D eigenvalue weighted by Gasteiger charge is -2.08. The van der Waals surface area contributed by atoms with E-state index in [1.165, 1.54) is 23.0 Å². The van der Waals surface area contributed by atoms with Crippen molar-refractivity contribution >= 4 is 21.6 Å². The topological polar surface area (TPSA) is 93.1 Å². The number of nitrogens with one attached hydrogen (secondary N) is 2. The molecule has 1 heterocycles. The molecule has 23 heavy (non-hydrogen) atoms. The number of nitrogens with zero attached hydrogens (tertiary/aromatic N) is 2. The van der Waals surface area contributed by atoms with E-state index in [2.05, 4.69) is 21.7 Å². The molecule has 0 aliphatic carbocycles. The molecular formula is C14H15FN4O3S. The van der Waals surface area contributed by atoms with Crippen LogP contribution < -0.4 is 10.0 Å². The van der Waals surface area contributed by atoms with Gasteiger partial charge in [0.05, 0.1) is 11.9 Å². The van der Waals surface area contributed by atoms with Gasteiger partial charge in [0.15, 0.2) is 0 Å². The molecule has 0 atom stereocenters. The molecule has 7 nitrogen and oxygen atoms in total. The Morgan fingerprint density at radius 1 is 1.48 bits per heavy atom. The highest BCUT2D eigenvalue weighted by Gasteiger charge is 2.20. The predicted molar refractivity (Wildman–Crippen MR) is 82.9 cm³/mol. The van der Waals surface area contributed by atoms with Crippen molar-refractivity contribution in [1.29, 1.82) is 0 Å². The SMILES string of the molecule is C=CCNS(=O)(=O)c1cc(C(=O)Nc2cnn(C)c2)ccc1F. The van der Waals surface area contributed by atoms with Gasteiger partial charge in [0.2, 0.25) is 10.0 Å². The number of halogens is 1. The Morgan fingerprint density at radius 3 is 2.83 bits per heavy atom. The van der Waals surface area contributed by atoms with Crippen LogP contribution in [0, 0.1) is 5.82 Å². The van der Waals surface area contributed by atoms with Crippen molar-refractivity contribution in [3.63, 3.8) is 0 Å². The van der Waals surface area contributed by atoms with Crippen LogP contribution in [0.5, 0.6) is 0 Å². The summed E-state index contributed by atoms with van der Waals surface area (Å²) in [5.41, 5.74) is 0.449. The van der Waals surface area contributed by atoms with Crippen LogP contribution in [0.1, 0.15) is 10.4 Å². The van der Waals surface area contributed by atoms with Crippen LogP contribution in [0.2, 0.25) is 0 Å². The van der Waals surface area contributed by atoms with Crippen molar-refractivity contribution in [2.45, 2.75) is 4.90 Å². The molecule has 0 aliphatic heterocycles. The van der Waals surface area contributed by atoms with Crippen molar-refractivity contribution in [2.24, 2.45) is 7.05 Å². The number of amides is 1. The number of hydrogen-bond donors (Lipinski definition) is 2. The van der Waals surface area contributed by atoms with Crippen molar-refractivity contribution < 1.29 is 17.6 Å². The predicted octanol–water partition coefficient (Wildman–Crippen LogP) is 1.28. The van der Waals surface area contributed by atoms with Crippen molar-refractivity contribution in [3.05, 3.63) is 54.6 Å². The lowest BCUT2D eigenvalue weighted by atomic mass is 10.2. The Balaban J connectivity index is 2.29. The molecule has 0 saturated carbocycles. The summed E-state index contributed by atoms with van der Waals surface area (Å²) < 4.78 is 41.5. The number of sulfonamides is 1. The average molecular weight is 338 g/mol. The molecule has 0 bridgehead atoms. The minimum absolute atomic E-state index is 0.00855. The molecular weight excluding hydrogens is 323 g/mol. The average Bonchev–Trinajstić information content (AvgIpc) is 2.90. The van der Waals surface area contributed by atoms with E-state index in [1.54, 1.807) is 13.2 Å². The molecule has 1 aromatic carbocycles. The first-order valence-electron chi connectivity index (χ1n) is 6.53. The summed E-state index contributed by atoms with van der Waals surface area (Å²) in [5.74, 6) is -1.52. The van der Waals surface area contributed by atoms with Crippen molar-refractivity contribution in [3.8, 4) is 0 Å². The van der Waals surface area contributed by atoms with E-state index in [4.69, 9.17) is 0 Å². The highest BCUT2D eigenvalue weighted by atomic mass is 32.2. The van der Waals surface area contributed by atoms with E-state index < -0.39 is 26.6 Å². The monoisotopic (exact) mass is 338 g/mol. The number of hydrogen-bond acceptors (Lipinski definition) is 4. The van der Waals surface area contributed by atoms with Crippen LogP contribution >= 0.6 is 0 Å². The van der Waals surface area contributed by atoms with Gasteiger partial charge < -0.3 is 5.32 Å². The molecule has 1 aromatic heterocycles. The third-order valence-electron chi connectivity index (χ3n) is 2.86. The normalized spacial score (nSPS) is 11.2. The van der Waals surface area contributed by atoms with E-state index >= 15 is 0 Å². The van der Waals surface area contributed by atoms with Gasteiger partial charge in [-0.2, -0.15) is 5.10 Å². The fourth-order valence-corrected chi connectivity index (χ4v) is 2.89. The van der Waals surface area contributed by atoms with Gasteiger partial charge in [0.25, 0.3) is 5.91 Å². The van der Waals surface area contributed by atoms with Gasteiger partial charge in [-0.1, -0.05) is 6.08 Å². The fourth-order valence-electron chi connectivity index (χ4n) is 1.79. The van der Waals surface area contributed by atoms with Gasteiger partial charge >= 0.3 is 0 Å². The third kappa shape index (κ3) is 4.02. The first kappa shape index (κ1) is 16.8. The third-order valence-corrected chi connectivity index (χ3v) is 4.30. The minimum Gasteiger partial charge on any atom is -0.319 e. The van der Waals surface area contributed by atoms with E-state index in [1.807, 2.05) is 0 Å². The summed E-state index contributed by atoms with van der Waals surface area (Å²) in [6.45, 7) is 3.33. The number of aromatic nitrogens is 2. The molecule has 2 N–H and O–H groups in total. The second-order valence-corrected chi connectivity index (χ2v) is 6.38. The van der Waals surface area contributed by atoms with Gasteiger partial charge in [0.1, 0.15) is 10.7 Å². The Labute approximate surface area is 132 Å². The Hall–Kier alpha value is -2.52. The molecule has 2 aromatic rings. The molecule has 122 valence electrons. The maximum Gasteiger partial charge on any atom is 0.255 e. The summed E-state index contributed by atoms with van der Waals surface area (Å²) in [5, 5.41) is 6.44. The summed E-state index contributed by atoms with van der Waals surface area (Å²) >= 11 is 0. The zero-order valence-corrected chi connectivity index (χ0v) is 13.1. The lowest BCUT2D eigenvalue weighted by molar-refractivity contribution is 0.102. The smallest absolute Gasteiger partial charge is 0.255 e. The number of benzene rings is 1. The lowest BCUT2D eigenvalue weighted by Crippen LogP contribution is -2.25. The van der Waals surface area contributed by atoms with Crippen LogP contribution in [0.25, 0.3) is 0 Å². The molecule has 1 amide bonds. The maximum atomic E-state index is 13.8. The standard InChI is InChI=1S/C14H15FN4O3S/c1-3-6-17-23(21,22)13-7-10(4-5-12(13)15)14(20)18-11-8-16-19(2)9-11/h3-5,7-9,17H,1,6H2,2H3,(H,18,20). The number of aryl methyl sites for hydroxylation is 1. The highest BCUT2D eigenvalue weighted by molar-refractivity contribution is 7.89. The molecule has 0 radical (unpaired) electrons. The molecule has 0 aliphatic rings. The summed E-state index contributed by atoms with van der Waals surface area (Å²) in [4.78, 5) is 11.5. The number of anilines is 1. The molecule has 0 saturated heterocycles. The van der Waals surface area contributed by atoms with E-state index in [0.717, 1.165) is 12.1 Å². The van der Waals surface area contributed by atoms with Gasteiger partial charge in [-0.15, -0.1) is 6.58 Å². The van der Waals surface area contributed by atoms with Crippen LogP contribution in [-0.2, 0) is 17.1 Å². The van der Waals surface area contributed by atoms with Gasteiger partial charge in [-0.3, -0.25) is 9.48 Å². The second kappa shape index (κ2) is 6.71. The summed E-state index contributed by atoms with van der Waals surface area (Å²) in [7, 11) is -2.39. The van der Waals surface area contributed by atoms with Crippen LogP contribution in [0.3, 0.4) is 0 Å². The molecule has 2 rings (SSSR count). The zero-order chi connectivity index (χ0) is 17.0. The second-order valence-electron chi connectivity index (χ2n) is 4.64. The Bertz CT molecular complexity index is 845. The van der Waals surface area contributed by atoms with Gasteiger partial charge in [0, 0.05) is 25.4 Å². The quantitative estimate of drug-likeness (QED) is 0.776. The van der Waals surface area contributed by atoms with E-state index in [9.17, 15) is 17.6 Å². The van der Waals surface area contributed by atoms with Crippen LogP contribution in [0.15, 0.2) is 48.1 Å². The first-order valence-corrected chi connectivity index (χ1v) is 8.02. The van der Waals surface area contributed by atoms with Crippen LogP contribution in [-0.4, -0.2) is 30.7 Å². The molecule has 0 spiro atoms. The zero-order valence-electron chi connectivity index (χ0n) is 12.3. The Kier molecular flexibility index (Phi) is 4.92. The first-order chi connectivity index (χ1) is 10.8. The number of rotatable bonds is 6. The van der Waals surface area contributed by atoms with Crippen LogP contribution in [0.4, 0.5) is 10.1 Å². The molecule has 0 unspecified atom stereocenters. The molecule has 9 heteroatoms. The minimum atomic E-state index is -4.07. The summed E-state index contributed by atoms with van der Waals surface area (Å²) in [6, 6.07) is 3.11. The van der Waals surface area contributed by atoms with Crippen molar-refractivity contribution in [1.82, 2.24) is 14.5 Å². The maximum absolute atomic E-state index is 13.8. The van der Waals surface area contributed by atoms with Crippen molar-refractivity contribution in [2.75, 3.05) is 11.9 Å². The number of carbonyl (C=O) groups excluding carboxylic acids is 1. The largest absolute Gasteiger partial charge is 0.319 e. The van der Waals surface area contributed by atoms with Gasteiger partial charge in [-0.05, 0) is 18.2 Å². The van der Waals surface area contributed by atoms with E-state index in [0.29, 0.717) is 5.69 Å². The fraction of sp³-hybridized carbons (Fsp3) is 0.143. The van der Waals surface area contributed by atoms with E-state index in [-0.39, 0.29) is 12.1 Å². The molecule has 0 fully saturated rings. The highest BCUT2D eigenvalue weighted by Crippen LogP contribution is 2.17. The summed E-state index contributed by atoms with van der Waals surface area (Å²) in [6.07, 6.45) is 4.34. The number of carbonyl (C=O) groups is 1.